The summed E-state index contributed by atoms with van der Waals surface area (Å²) in [5.41, 5.74) is 12.0. The van der Waals surface area contributed by atoms with Crippen molar-refractivity contribution in [2.24, 2.45) is 0 Å². The Labute approximate surface area is 356 Å². The Balaban J connectivity index is 0.00000499. The van der Waals surface area contributed by atoms with Crippen LogP contribution in [0.25, 0.3) is 90.9 Å². The molecule has 60 heavy (non-hydrogen) atoms. The Morgan fingerprint density at radius 1 is 0.450 bits per heavy atom. The molecule has 7 aromatic rings. The van der Waals surface area contributed by atoms with E-state index in [9.17, 15) is 13.2 Å². The molecule has 2 aliphatic rings. The van der Waals surface area contributed by atoms with Crippen LogP contribution in [0.3, 0.4) is 0 Å². The zero-order valence-corrected chi connectivity index (χ0v) is 34.5. The van der Waals surface area contributed by atoms with Gasteiger partial charge in [-0.15, -0.1) is 22.1 Å². The molecule has 7 aromatic heterocycles. The number of hydrogen-bond acceptors (Lipinski definition) is 2. The van der Waals surface area contributed by atoms with Crippen LogP contribution in [-0.4, -0.2) is 16.1 Å². The fraction of sp³-hybridized carbons (Fsp3) is 0.167. The second-order valence-electron chi connectivity index (χ2n) is 14.5. The second kappa shape index (κ2) is 16.6. The molecular formula is C48H41F3MnN8+4. The Morgan fingerprint density at radius 2 is 0.733 bits per heavy atom. The molecular weight excluding hydrogens is 801 g/mol. The normalized spacial score (nSPS) is 12.2. The van der Waals surface area contributed by atoms with Gasteiger partial charge in [0, 0.05) is 46.5 Å². The first kappa shape index (κ1) is 40.3. The van der Waals surface area contributed by atoms with E-state index in [4.69, 9.17) is 19.9 Å². The predicted molar refractivity (Wildman–Crippen MR) is 222 cm³/mol. The molecule has 0 aromatic carbocycles. The molecule has 297 valence electrons. The monoisotopic (exact) mass is 841 g/mol. The molecule has 0 unspecified atom stereocenters. The summed E-state index contributed by atoms with van der Waals surface area (Å²) in [6.07, 6.45) is 18.9. The van der Waals surface area contributed by atoms with E-state index in [1.165, 1.54) is 12.4 Å². The summed E-state index contributed by atoms with van der Waals surface area (Å²) in [5, 5.41) is 0. The molecule has 0 saturated heterocycles. The van der Waals surface area contributed by atoms with Crippen LogP contribution in [0.5, 0.6) is 0 Å². The summed E-state index contributed by atoms with van der Waals surface area (Å²) in [4.78, 5) is 21.2. The number of alkyl halides is 3. The minimum Gasteiger partial charge on any atom is -0.657 e. The minimum atomic E-state index is -4.40. The molecule has 0 amide bonds. The van der Waals surface area contributed by atoms with Crippen LogP contribution in [-0.2, 0) is 43.2 Å². The number of halogens is 3. The molecule has 9 heterocycles. The van der Waals surface area contributed by atoms with Gasteiger partial charge in [0.1, 0.15) is 19.6 Å². The molecule has 0 aliphatic carbocycles. The van der Waals surface area contributed by atoms with E-state index in [0.717, 1.165) is 80.0 Å². The van der Waals surface area contributed by atoms with Crippen molar-refractivity contribution in [2.75, 3.05) is 0 Å². The van der Waals surface area contributed by atoms with Crippen LogP contribution in [0.4, 0.5) is 13.2 Å². The summed E-state index contributed by atoms with van der Waals surface area (Å²) in [7, 11) is 0. The maximum Gasteiger partial charge on any atom is 2.00 e. The number of fused-ring (bicyclic) bond motifs is 8. The van der Waals surface area contributed by atoms with Crippen molar-refractivity contribution in [3.63, 3.8) is 0 Å². The van der Waals surface area contributed by atoms with Crippen molar-refractivity contribution in [3.05, 3.63) is 145 Å². The van der Waals surface area contributed by atoms with Crippen LogP contribution in [0, 0.1) is 0 Å². The van der Waals surface area contributed by atoms with Crippen LogP contribution < -0.4 is 28.2 Å². The summed E-state index contributed by atoms with van der Waals surface area (Å²) in [6.45, 7) is 7.50. The average molecular weight is 842 g/mol. The smallest absolute Gasteiger partial charge is 0.657 e. The van der Waals surface area contributed by atoms with Crippen LogP contribution >= 0.6 is 0 Å². The molecule has 0 fully saturated rings. The zero-order chi connectivity index (χ0) is 40.7. The zero-order valence-electron chi connectivity index (χ0n) is 33.3. The quantitative estimate of drug-likeness (QED) is 0.114. The van der Waals surface area contributed by atoms with Gasteiger partial charge in [0.25, 0.3) is 0 Å². The van der Waals surface area contributed by atoms with E-state index < -0.39 is 12.7 Å². The molecule has 12 heteroatoms. The number of aryl methyl sites for hydroxylation is 3. The molecule has 8 bridgehead atoms. The van der Waals surface area contributed by atoms with Gasteiger partial charge in [-0.2, -0.15) is 17.7 Å². The van der Waals surface area contributed by atoms with Gasteiger partial charge in [0.05, 0.1) is 22.8 Å². The van der Waals surface area contributed by atoms with Gasteiger partial charge in [0.15, 0.2) is 49.6 Å². The molecule has 0 saturated carbocycles. The number of pyridine rings is 4. The van der Waals surface area contributed by atoms with Gasteiger partial charge in [-0.1, -0.05) is 24.3 Å². The van der Waals surface area contributed by atoms with Gasteiger partial charge < -0.3 is 9.97 Å². The molecule has 0 atom stereocenters. The molecule has 0 spiro atoms. The summed E-state index contributed by atoms with van der Waals surface area (Å²) in [5.74, 6) is 0. The Hall–Kier alpha value is -6.49. The predicted octanol–water partition coefficient (Wildman–Crippen LogP) is 8.35. The number of aromatic nitrogens is 8. The van der Waals surface area contributed by atoms with E-state index in [2.05, 4.69) is 77.5 Å². The van der Waals surface area contributed by atoms with Crippen molar-refractivity contribution >= 4 is 46.4 Å². The molecule has 2 aliphatic heterocycles. The number of rotatable bonds is 8. The fourth-order valence-corrected chi connectivity index (χ4v) is 7.85. The summed E-state index contributed by atoms with van der Waals surface area (Å²) < 4.78 is 48.6. The van der Waals surface area contributed by atoms with Gasteiger partial charge in [0.2, 0.25) is 6.54 Å². The standard InChI is InChI=1S/C48H41F3N8.Mn/c1-4-56-23-7-11-32(27-56)44-36-15-17-38(52-36)45(33-12-8-24-57(5-2)28-33)40-19-21-42(54-40)47(35-14-10-26-59(30-35)31-48(49,50)51)43-22-20-41(55-43)46(39-18-16-37(44)53-39)34-13-9-25-58(6-3)29-34;/h7-30H,4-6,31H2,1-3H3;/q2*+2. The van der Waals surface area contributed by atoms with Gasteiger partial charge in [-0.3, -0.25) is 0 Å². The molecule has 1 radical (unpaired) electrons. The summed E-state index contributed by atoms with van der Waals surface area (Å²) >= 11 is 0. The van der Waals surface area contributed by atoms with Gasteiger partial charge in [-0.05, 0) is 91.6 Å². The molecule has 9 rings (SSSR count). The van der Waals surface area contributed by atoms with E-state index >= 15 is 0 Å². The Kier molecular flexibility index (Phi) is 11.2. The SMILES string of the molecule is CC[n+]1cccc(-c2c3nc(c(-c4ccc[n+](CC)c4)c4ccc([n-]4)c(-c4ccc[n+](CC(F)(F)F)c4)c4nc(c(-c5ccc[n+](CC)c5)c5ccc2[n-]5)C=C4)C=C3)c1.[Mn+2]. The number of nitrogens with zero attached hydrogens (tertiary/aromatic N) is 8. The second-order valence-corrected chi connectivity index (χ2v) is 14.5. The maximum absolute atomic E-state index is 13.7. The van der Waals surface area contributed by atoms with Crippen molar-refractivity contribution in [3.8, 4) is 44.5 Å². The third-order valence-corrected chi connectivity index (χ3v) is 10.7. The van der Waals surface area contributed by atoms with Crippen LogP contribution in [0.2, 0.25) is 0 Å². The number of hydrogen-bond donors (Lipinski definition) is 0. The molecule has 0 N–H and O–H groups in total. The third kappa shape index (κ3) is 7.96. The summed E-state index contributed by atoms with van der Waals surface area (Å²) in [6, 6.07) is 23.6. The van der Waals surface area contributed by atoms with Gasteiger partial charge in [-0.25, -0.2) is 23.7 Å². The maximum atomic E-state index is 13.7. The first-order valence-corrected chi connectivity index (χ1v) is 19.8. The van der Waals surface area contributed by atoms with Gasteiger partial charge >= 0.3 is 23.2 Å². The van der Waals surface area contributed by atoms with Crippen molar-refractivity contribution < 1.29 is 48.5 Å². The Morgan fingerprint density at radius 3 is 1.02 bits per heavy atom. The van der Waals surface area contributed by atoms with E-state index in [-0.39, 0.29) is 17.1 Å². The fourth-order valence-electron chi connectivity index (χ4n) is 7.85. The van der Waals surface area contributed by atoms with E-state index in [0.29, 0.717) is 33.5 Å². The third-order valence-electron chi connectivity index (χ3n) is 10.7. The van der Waals surface area contributed by atoms with Crippen LogP contribution in [0.1, 0.15) is 43.5 Å². The van der Waals surface area contributed by atoms with Crippen molar-refractivity contribution in [1.82, 2.24) is 19.9 Å². The minimum absolute atomic E-state index is 0. The van der Waals surface area contributed by atoms with Crippen molar-refractivity contribution in [2.45, 2.75) is 53.1 Å². The van der Waals surface area contributed by atoms with Crippen LogP contribution in [0.15, 0.2) is 122 Å². The van der Waals surface area contributed by atoms with E-state index in [1.807, 2.05) is 79.2 Å². The first-order chi connectivity index (χ1) is 28.7. The largest absolute Gasteiger partial charge is 2.00 e. The molecule has 8 nitrogen and oxygen atoms in total. The topological polar surface area (TPSA) is 69.5 Å². The Bertz CT molecular complexity index is 2950. The van der Waals surface area contributed by atoms with E-state index in [1.54, 1.807) is 12.1 Å². The first-order valence-electron chi connectivity index (χ1n) is 19.8. The average Bonchev–Trinajstić information content (AvgIpc) is 4.09. The van der Waals surface area contributed by atoms with Crippen molar-refractivity contribution in [1.29, 1.82) is 0 Å².